The Morgan fingerprint density at radius 1 is 1.14 bits per heavy atom. The third-order valence-corrected chi connectivity index (χ3v) is 5.35. The molecule has 2 aliphatic rings. The first kappa shape index (κ1) is 13.9. The molecule has 3 atom stereocenters. The van der Waals surface area contributed by atoms with Gasteiger partial charge in [-0.3, -0.25) is 0 Å². The summed E-state index contributed by atoms with van der Waals surface area (Å²) in [6, 6.07) is 15.4. The first-order valence-electron chi connectivity index (χ1n) is 8.08. The van der Waals surface area contributed by atoms with E-state index in [9.17, 15) is 0 Å². The third kappa shape index (κ3) is 2.16. The Hall–Kier alpha value is -1.73. The molecule has 1 aliphatic carbocycles. The van der Waals surface area contributed by atoms with E-state index in [1.165, 1.54) is 22.4 Å². The number of halogens is 1. The molecular weight excluding hydrogens is 290 g/mol. The molecular formula is C20H20ClN. The summed E-state index contributed by atoms with van der Waals surface area (Å²) >= 11 is 6.06. The van der Waals surface area contributed by atoms with Gasteiger partial charge in [0.15, 0.2) is 0 Å². The van der Waals surface area contributed by atoms with Gasteiger partial charge in [0.25, 0.3) is 0 Å². The van der Waals surface area contributed by atoms with E-state index in [1.54, 1.807) is 0 Å². The third-order valence-electron chi connectivity index (χ3n) is 5.09. The van der Waals surface area contributed by atoms with Crippen molar-refractivity contribution in [3.8, 4) is 0 Å². The zero-order valence-electron chi connectivity index (χ0n) is 12.7. The van der Waals surface area contributed by atoms with E-state index in [4.69, 9.17) is 11.6 Å². The number of rotatable bonds is 2. The Morgan fingerprint density at radius 2 is 1.95 bits per heavy atom. The highest BCUT2D eigenvalue weighted by molar-refractivity contribution is 6.30. The number of fused-ring (bicyclic) bond motifs is 3. The molecule has 0 spiro atoms. The van der Waals surface area contributed by atoms with Crippen LogP contribution in [-0.2, 0) is 6.42 Å². The number of nitrogens with one attached hydrogen (secondary N) is 1. The maximum absolute atomic E-state index is 6.06. The van der Waals surface area contributed by atoms with Gasteiger partial charge in [0.05, 0.1) is 6.04 Å². The lowest BCUT2D eigenvalue weighted by atomic mass is 9.76. The van der Waals surface area contributed by atoms with Gasteiger partial charge in [0, 0.05) is 16.6 Å². The summed E-state index contributed by atoms with van der Waals surface area (Å²) in [6.45, 7) is 2.23. The molecule has 1 N–H and O–H groups in total. The number of para-hydroxylation sites is 1. The predicted octanol–water partition coefficient (Wildman–Crippen LogP) is 5.73. The van der Waals surface area contributed by atoms with Crippen molar-refractivity contribution in [2.24, 2.45) is 5.92 Å². The first-order chi connectivity index (χ1) is 10.8. The highest BCUT2D eigenvalue weighted by Crippen LogP contribution is 2.50. The van der Waals surface area contributed by atoms with Crippen molar-refractivity contribution in [3.05, 3.63) is 76.3 Å². The molecule has 2 aromatic rings. The van der Waals surface area contributed by atoms with Crippen LogP contribution in [0.4, 0.5) is 5.69 Å². The van der Waals surface area contributed by atoms with Crippen LogP contribution in [0.2, 0.25) is 5.02 Å². The second kappa shape index (κ2) is 5.48. The first-order valence-corrected chi connectivity index (χ1v) is 8.46. The number of hydrogen-bond donors (Lipinski definition) is 1. The van der Waals surface area contributed by atoms with E-state index in [-0.39, 0.29) is 0 Å². The van der Waals surface area contributed by atoms with Gasteiger partial charge in [-0.15, -0.1) is 0 Å². The van der Waals surface area contributed by atoms with Crippen molar-refractivity contribution >= 4 is 17.3 Å². The van der Waals surface area contributed by atoms with Crippen LogP contribution in [0.3, 0.4) is 0 Å². The van der Waals surface area contributed by atoms with Crippen LogP contribution in [0, 0.1) is 5.92 Å². The van der Waals surface area contributed by atoms with E-state index in [0.717, 1.165) is 17.9 Å². The molecule has 0 saturated carbocycles. The molecule has 0 bridgehead atoms. The minimum atomic E-state index is 0.359. The van der Waals surface area contributed by atoms with Gasteiger partial charge in [-0.25, -0.2) is 0 Å². The topological polar surface area (TPSA) is 12.0 Å². The average Bonchev–Trinajstić information content (AvgIpc) is 3.04. The van der Waals surface area contributed by atoms with Crippen LogP contribution < -0.4 is 5.32 Å². The highest BCUT2D eigenvalue weighted by Gasteiger charge is 2.38. The normalized spacial score (nSPS) is 25.5. The van der Waals surface area contributed by atoms with Crippen molar-refractivity contribution in [1.82, 2.24) is 0 Å². The molecule has 0 fully saturated rings. The predicted molar refractivity (Wildman–Crippen MR) is 93.6 cm³/mol. The second-order valence-electron chi connectivity index (χ2n) is 6.26. The molecule has 1 heterocycles. The minimum Gasteiger partial charge on any atom is -0.377 e. The van der Waals surface area contributed by atoms with E-state index in [1.807, 2.05) is 12.1 Å². The van der Waals surface area contributed by atoms with Crippen LogP contribution in [0.25, 0.3) is 0 Å². The summed E-state index contributed by atoms with van der Waals surface area (Å²) < 4.78 is 0. The lowest BCUT2D eigenvalue weighted by Gasteiger charge is -2.38. The summed E-state index contributed by atoms with van der Waals surface area (Å²) in [5.41, 5.74) is 5.55. The molecule has 22 heavy (non-hydrogen) atoms. The van der Waals surface area contributed by atoms with E-state index in [2.05, 4.69) is 54.7 Å². The van der Waals surface area contributed by atoms with Gasteiger partial charge in [-0.2, -0.15) is 0 Å². The lowest BCUT2D eigenvalue weighted by molar-refractivity contribution is 0.425. The van der Waals surface area contributed by atoms with Crippen molar-refractivity contribution < 1.29 is 0 Å². The maximum atomic E-state index is 6.06. The summed E-state index contributed by atoms with van der Waals surface area (Å²) in [5.74, 6) is 1.13. The van der Waals surface area contributed by atoms with Crippen LogP contribution >= 0.6 is 11.6 Å². The summed E-state index contributed by atoms with van der Waals surface area (Å²) in [4.78, 5) is 0. The van der Waals surface area contributed by atoms with Crippen LogP contribution in [0.15, 0.2) is 54.6 Å². The molecule has 2 heteroatoms. The zero-order valence-corrected chi connectivity index (χ0v) is 13.5. The fourth-order valence-electron chi connectivity index (χ4n) is 3.98. The van der Waals surface area contributed by atoms with Gasteiger partial charge in [-0.1, -0.05) is 61.0 Å². The van der Waals surface area contributed by atoms with Gasteiger partial charge in [0.1, 0.15) is 0 Å². The Bertz CT molecular complexity index is 717. The lowest BCUT2D eigenvalue weighted by Crippen LogP contribution is -2.29. The number of anilines is 1. The minimum absolute atomic E-state index is 0.359. The summed E-state index contributed by atoms with van der Waals surface area (Å²) in [7, 11) is 0. The number of aryl methyl sites for hydroxylation is 1. The SMILES string of the molecule is CCc1cccc2c1N[C@H](c1ccc(Cl)cc1)[C@@H]1CC=C[C@H]21. The molecule has 112 valence electrons. The van der Waals surface area contributed by atoms with E-state index >= 15 is 0 Å². The van der Waals surface area contributed by atoms with Crippen molar-refractivity contribution in [1.29, 1.82) is 0 Å². The molecule has 0 aromatic heterocycles. The van der Waals surface area contributed by atoms with Gasteiger partial charge < -0.3 is 5.32 Å². The molecule has 2 aromatic carbocycles. The number of hydrogen-bond acceptors (Lipinski definition) is 1. The monoisotopic (exact) mass is 309 g/mol. The molecule has 0 unspecified atom stereocenters. The molecule has 0 saturated heterocycles. The Labute approximate surface area is 137 Å². The zero-order chi connectivity index (χ0) is 15.1. The Morgan fingerprint density at radius 3 is 2.73 bits per heavy atom. The van der Waals surface area contributed by atoms with Gasteiger partial charge in [-0.05, 0) is 47.6 Å². The number of allylic oxidation sites excluding steroid dienone is 2. The van der Waals surface area contributed by atoms with E-state index < -0.39 is 0 Å². The Balaban J connectivity index is 1.81. The average molecular weight is 310 g/mol. The fourth-order valence-corrected chi connectivity index (χ4v) is 4.11. The fraction of sp³-hybridized carbons (Fsp3) is 0.300. The van der Waals surface area contributed by atoms with Crippen LogP contribution in [0.5, 0.6) is 0 Å². The molecule has 1 nitrogen and oxygen atoms in total. The van der Waals surface area contributed by atoms with Crippen LogP contribution in [0.1, 0.15) is 42.0 Å². The molecule has 0 amide bonds. The smallest absolute Gasteiger partial charge is 0.0554 e. The van der Waals surface area contributed by atoms with Crippen molar-refractivity contribution in [2.75, 3.05) is 5.32 Å². The van der Waals surface area contributed by atoms with Crippen LogP contribution in [-0.4, -0.2) is 0 Å². The number of benzene rings is 2. The van der Waals surface area contributed by atoms with Gasteiger partial charge in [0.2, 0.25) is 0 Å². The Kier molecular flexibility index (Phi) is 3.46. The maximum Gasteiger partial charge on any atom is 0.0554 e. The molecule has 0 radical (unpaired) electrons. The molecule has 1 aliphatic heterocycles. The quantitative estimate of drug-likeness (QED) is 0.699. The summed E-state index contributed by atoms with van der Waals surface area (Å²) in [6.07, 6.45) is 6.94. The van der Waals surface area contributed by atoms with Crippen molar-refractivity contribution in [3.63, 3.8) is 0 Å². The standard InChI is InChI=1S/C20H20ClN/c1-2-13-5-3-7-17-16-6-4-8-18(16)20(22-19(13)17)14-9-11-15(21)12-10-14/h3-7,9-12,16,18,20,22H,2,8H2,1H3/t16-,18-,20-/m1/s1. The largest absolute Gasteiger partial charge is 0.377 e. The van der Waals surface area contributed by atoms with Gasteiger partial charge >= 0.3 is 0 Å². The van der Waals surface area contributed by atoms with E-state index in [0.29, 0.717) is 17.9 Å². The summed E-state index contributed by atoms with van der Waals surface area (Å²) in [5, 5.41) is 4.64. The van der Waals surface area contributed by atoms with Crippen molar-refractivity contribution in [2.45, 2.75) is 31.7 Å². The highest BCUT2D eigenvalue weighted by atomic mass is 35.5. The molecule has 4 rings (SSSR count). The second-order valence-corrected chi connectivity index (χ2v) is 6.70.